The molecule has 0 bridgehead atoms. The highest BCUT2D eigenvalue weighted by Crippen LogP contribution is 2.29. The molecule has 2 amide bonds. The van der Waals surface area contributed by atoms with Crippen molar-refractivity contribution in [2.24, 2.45) is 11.8 Å². The summed E-state index contributed by atoms with van der Waals surface area (Å²) < 4.78 is 0. The van der Waals surface area contributed by atoms with E-state index in [0.29, 0.717) is 31.3 Å². The summed E-state index contributed by atoms with van der Waals surface area (Å²) in [6.45, 7) is 5.68. The zero-order valence-electron chi connectivity index (χ0n) is 12.9. The van der Waals surface area contributed by atoms with Crippen molar-refractivity contribution in [1.29, 1.82) is 0 Å². The first kappa shape index (κ1) is 15.5. The fourth-order valence-corrected chi connectivity index (χ4v) is 3.50. The van der Waals surface area contributed by atoms with Crippen LogP contribution in [0.5, 0.6) is 0 Å². The molecule has 0 aromatic rings. The summed E-state index contributed by atoms with van der Waals surface area (Å²) in [5, 5.41) is 3.56. The van der Waals surface area contributed by atoms with Crippen LogP contribution >= 0.6 is 0 Å². The molecule has 1 aliphatic heterocycles. The van der Waals surface area contributed by atoms with Gasteiger partial charge in [0.1, 0.15) is 0 Å². The third kappa shape index (κ3) is 3.81. The Kier molecular flexibility index (Phi) is 5.58. The molecule has 1 saturated carbocycles. The Morgan fingerprint density at radius 2 is 1.80 bits per heavy atom. The Bertz CT molecular complexity index is 332. The number of amides is 2. The summed E-state index contributed by atoms with van der Waals surface area (Å²) in [4.78, 5) is 25.8. The molecule has 1 unspecified atom stereocenters. The maximum atomic E-state index is 12.1. The van der Waals surface area contributed by atoms with Gasteiger partial charge in [-0.3, -0.25) is 14.5 Å². The van der Waals surface area contributed by atoms with E-state index in [9.17, 15) is 9.59 Å². The van der Waals surface area contributed by atoms with E-state index in [1.807, 2.05) is 6.92 Å². The van der Waals surface area contributed by atoms with Crippen molar-refractivity contribution in [1.82, 2.24) is 10.2 Å². The number of hydrogen-bond donors (Lipinski definition) is 1. The molecule has 0 radical (unpaired) electrons. The molecule has 1 aliphatic carbocycles. The average molecular weight is 280 g/mol. The van der Waals surface area contributed by atoms with Gasteiger partial charge in [-0.05, 0) is 37.6 Å². The molecule has 2 aliphatic rings. The molecule has 1 heterocycles. The number of likely N-dealkylation sites (tertiary alicyclic amines) is 1. The van der Waals surface area contributed by atoms with E-state index < -0.39 is 0 Å². The highest BCUT2D eigenvalue weighted by atomic mass is 16.2. The zero-order chi connectivity index (χ0) is 14.5. The van der Waals surface area contributed by atoms with Gasteiger partial charge in [-0.2, -0.15) is 0 Å². The summed E-state index contributed by atoms with van der Waals surface area (Å²) in [6.07, 6.45) is 7.17. The van der Waals surface area contributed by atoms with Gasteiger partial charge in [0.2, 0.25) is 11.8 Å². The van der Waals surface area contributed by atoms with Crippen molar-refractivity contribution in [2.45, 2.75) is 64.8 Å². The Morgan fingerprint density at radius 1 is 1.20 bits per heavy atom. The molecule has 2 fully saturated rings. The first-order valence-electron chi connectivity index (χ1n) is 8.18. The van der Waals surface area contributed by atoms with Gasteiger partial charge in [0.05, 0.1) is 0 Å². The highest BCUT2D eigenvalue weighted by molar-refractivity contribution is 5.97. The van der Waals surface area contributed by atoms with Crippen LogP contribution in [0.3, 0.4) is 0 Å². The topological polar surface area (TPSA) is 49.4 Å². The summed E-state index contributed by atoms with van der Waals surface area (Å²) >= 11 is 0. The fraction of sp³-hybridized carbons (Fsp3) is 0.875. The number of nitrogens with zero attached hydrogens (tertiary/aromatic N) is 1. The first-order chi connectivity index (χ1) is 9.61. The van der Waals surface area contributed by atoms with Crippen molar-refractivity contribution in [3.63, 3.8) is 0 Å². The minimum atomic E-state index is 0.0232. The van der Waals surface area contributed by atoms with E-state index in [-0.39, 0.29) is 17.7 Å². The predicted molar refractivity (Wildman–Crippen MR) is 79.2 cm³/mol. The number of piperidine rings is 1. The van der Waals surface area contributed by atoms with Crippen molar-refractivity contribution in [3.05, 3.63) is 0 Å². The minimum absolute atomic E-state index is 0.0232. The van der Waals surface area contributed by atoms with Crippen molar-refractivity contribution < 1.29 is 9.59 Å². The Hall–Kier alpha value is -0.900. The Morgan fingerprint density at radius 3 is 2.35 bits per heavy atom. The second kappa shape index (κ2) is 7.21. The van der Waals surface area contributed by atoms with E-state index >= 15 is 0 Å². The van der Waals surface area contributed by atoms with Crippen LogP contribution < -0.4 is 5.32 Å². The number of carbonyl (C=O) groups excluding carboxylic acids is 2. The van der Waals surface area contributed by atoms with E-state index in [4.69, 9.17) is 0 Å². The molecule has 0 aromatic carbocycles. The highest BCUT2D eigenvalue weighted by Gasteiger charge is 2.34. The van der Waals surface area contributed by atoms with Crippen molar-refractivity contribution in [3.8, 4) is 0 Å². The standard InChI is InChI=1S/C16H28N2O2/c1-3-8-17-14(13-6-4-5-7-13)11-18-15(19)9-12(2)10-16(18)20/h12-14,17H,3-11H2,1-2H3. The molecule has 114 valence electrons. The predicted octanol–water partition coefficient (Wildman–Crippen LogP) is 2.33. The van der Waals surface area contributed by atoms with Gasteiger partial charge in [0, 0.05) is 25.4 Å². The number of carbonyl (C=O) groups is 2. The lowest BCUT2D eigenvalue weighted by molar-refractivity contribution is -0.150. The molecule has 2 rings (SSSR count). The van der Waals surface area contributed by atoms with Crippen molar-refractivity contribution in [2.75, 3.05) is 13.1 Å². The quantitative estimate of drug-likeness (QED) is 0.760. The Labute approximate surface area is 122 Å². The number of hydrogen-bond acceptors (Lipinski definition) is 3. The van der Waals surface area contributed by atoms with Crippen LogP contribution in [0.2, 0.25) is 0 Å². The SMILES string of the molecule is CCCNC(CN1C(=O)CC(C)CC1=O)C1CCCC1. The number of nitrogens with one attached hydrogen (secondary N) is 1. The average Bonchev–Trinajstić information content (AvgIpc) is 2.91. The second-order valence-corrected chi connectivity index (χ2v) is 6.52. The molecular formula is C16H28N2O2. The summed E-state index contributed by atoms with van der Waals surface area (Å²) in [5.74, 6) is 0.881. The van der Waals surface area contributed by atoms with Crippen LogP contribution in [0.1, 0.15) is 58.8 Å². The normalized spacial score (nSPS) is 23.6. The van der Waals surface area contributed by atoms with E-state index in [1.165, 1.54) is 30.6 Å². The van der Waals surface area contributed by atoms with Crippen LogP contribution in [0.15, 0.2) is 0 Å². The van der Waals surface area contributed by atoms with Gasteiger partial charge in [-0.25, -0.2) is 0 Å². The summed E-state index contributed by atoms with van der Waals surface area (Å²) in [5.41, 5.74) is 0. The molecule has 4 heteroatoms. The maximum absolute atomic E-state index is 12.1. The van der Waals surface area contributed by atoms with Gasteiger partial charge in [-0.15, -0.1) is 0 Å². The van der Waals surface area contributed by atoms with Crippen LogP contribution in [-0.2, 0) is 9.59 Å². The lowest BCUT2D eigenvalue weighted by atomic mass is 9.94. The van der Waals surface area contributed by atoms with Crippen molar-refractivity contribution >= 4 is 11.8 Å². The smallest absolute Gasteiger partial charge is 0.229 e. The minimum Gasteiger partial charge on any atom is -0.312 e. The molecular weight excluding hydrogens is 252 g/mol. The monoisotopic (exact) mass is 280 g/mol. The van der Waals surface area contributed by atoms with Crippen LogP contribution in [-0.4, -0.2) is 35.8 Å². The summed E-state index contributed by atoms with van der Waals surface area (Å²) in [7, 11) is 0. The molecule has 1 saturated heterocycles. The second-order valence-electron chi connectivity index (χ2n) is 6.52. The zero-order valence-corrected chi connectivity index (χ0v) is 12.9. The molecule has 0 aromatic heterocycles. The maximum Gasteiger partial charge on any atom is 0.229 e. The number of imide groups is 1. The summed E-state index contributed by atoms with van der Waals surface area (Å²) in [6, 6.07) is 0.291. The van der Waals surface area contributed by atoms with Gasteiger partial charge >= 0.3 is 0 Å². The largest absolute Gasteiger partial charge is 0.312 e. The van der Waals surface area contributed by atoms with Gasteiger partial charge < -0.3 is 5.32 Å². The van der Waals surface area contributed by atoms with E-state index in [0.717, 1.165) is 13.0 Å². The molecule has 20 heavy (non-hydrogen) atoms. The third-order valence-electron chi connectivity index (χ3n) is 4.65. The molecule has 0 spiro atoms. The first-order valence-corrected chi connectivity index (χ1v) is 8.18. The van der Waals surface area contributed by atoms with Gasteiger partial charge in [0.25, 0.3) is 0 Å². The Balaban J connectivity index is 1.98. The van der Waals surface area contributed by atoms with E-state index in [2.05, 4.69) is 12.2 Å². The van der Waals surface area contributed by atoms with Crippen LogP contribution in [0, 0.1) is 11.8 Å². The molecule has 1 N–H and O–H groups in total. The van der Waals surface area contributed by atoms with E-state index in [1.54, 1.807) is 0 Å². The van der Waals surface area contributed by atoms with Gasteiger partial charge in [-0.1, -0.05) is 26.7 Å². The lowest BCUT2D eigenvalue weighted by Gasteiger charge is -2.34. The van der Waals surface area contributed by atoms with Gasteiger partial charge in [0.15, 0.2) is 0 Å². The van der Waals surface area contributed by atoms with Crippen LogP contribution in [0.4, 0.5) is 0 Å². The third-order valence-corrected chi connectivity index (χ3v) is 4.65. The number of rotatable bonds is 6. The lowest BCUT2D eigenvalue weighted by Crippen LogP contribution is -2.51. The van der Waals surface area contributed by atoms with Crippen LogP contribution in [0.25, 0.3) is 0 Å². The fourth-order valence-electron chi connectivity index (χ4n) is 3.50. The molecule has 4 nitrogen and oxygen atoms in total. The molecule has 1 atom stereocenters.